The van der Waals surface area contributed by atoms with Crippen LogP contribution in [0.5, 0.6) is 0 Å². The molecule has 0 spiro atoms. The Bertz CT molecular complexity index is 765. The summed E-state index contributed by atoms with van der Waals surface area (Å²) in [6.07, 6.45) is 6.42. The van der Waals surface area contributed by atoms with Crippen LogP contribution in [0.3, 0.4) is 0 Å². The second-order valence-corrected chi connectivity index (χ2v) is 11.4. The van der Waals surface area contributed by atoms with Crippen LogP contribution in [0.2, 0.25) is 0 Å². The first-order valence-electron chi connectivity index (χ1n) is 8.90. The molecular formula is C20H30O2S2. The summed E-state index contributed by atoms with van der Waals surface area (Å²) in [7, 11) is -2.95. The van der Waals surface area contributed by atoms with Gasteiger partial charge in [-0.05, 0) is 74.9 Å². The van der Waals surface area contributed by atoms with Gasteiger partial charge in [0.1, 0.15) is 0 Å². The third kappa shape index (κ3) is 4.82. The lowest BCUT2D eigenvalue weighted by Gasteiger charge is -2.18. The second-order valence-electron chi connectivity index (χ2n) is 7.64. The number of fused-ring (bicyclic) bond motifs is 1. The minimum atomic E-state index is -2.95. The molecule has 0 aliphatic heterocycles. The van der Waals surface area contributed by atoms with Crippen LogP contribution in [0.1, 0.15) is 64.0 Å². The number of aryl methyl sites for hydroxylation is 2. The van der Waals surface area contributed by atoms with Gasteiger partial charge < -0.3 is 0 Å². The van der Waals surface area contributed by atoms with Gasteiger partial charge in [0, 0.05) is 4.70 Å². The highest BCUT2D eigenvalue weighted by molar-refractivity contribution is 7.92. The van der Waals surface area contributed by atoms with Gasteiger partial charge in [-0.1, -0.05) is 31.4 Å². The van der Waals surface area contributed by atoms with Gasteiger partial charge in [0.2, 0.25) is 0 Å². The van der Waals surface area contributed by atoms with Crippen molar-refractivity contribution in [2.75, 3.05) is 5.75 Å². The van der Waals surface area contributed by atoms with Crippen molar-refractivity contribution in [3.8, 4) is 0 Å². The van der Waals surface area contributed by atoms with Crippen LogP contribution in [0.25, 0.3) is 10.1 Å². The number of hydrogen-bond donors (Lipinski definition) is 0. The number of thiophene rings is 1. The van der Waals surface area contributed by atoms with E-state index in [1.54, 1.807) is 20.8 Å². The van der Waals surface area contributed by atoms with Crippen LogP contribution in [0.4, 0.5) is 0 Å². The van der Waals surface area contributed by atoms with Crippen molar-refractivity contribution in [2.24, 2.45) is 0 Å². The number of benzene rings is 1. The van der Waals surface area contributed by atoms with Crippen LogP contribution in [0.15, 0.2) is 23.6 Å². The largest absolute Gasteiger partial charge is 0.228 e. The van der Waals surface area contributed by atoms with E-state index in [-0.39, 0.29) is 0 Å². The predicted octanol–water partition coefficient (Wildman–Crippen LogP) is 5.92. The summed E-state index contributed by atoms with van der Waals surface area (Å²) in [6, 6.07) is 6.67. The van der Waals surface area contributed by atoms with Crippen molar-refractivity contribution >= 4 is 31.3 Å². The summed E-state index contributed by atoms with van der Waals surface area (Å²) in [4.78, 5) is 0. The monoisotopic (exact) mass is 366 g/mol. The molecule has 0 fully saturated rings. The van der Waals surface area contributed by atoms with Crippen molar-refractivity contribution in [2.45, 2.75) is 71.0 Å². The second kappa shape index (κ2) is 8.01. The van der Waals surface area contributed by atoms with E-state index in [0.29, 0.717) is 5.75 Å². The highest BCUT2D eigenvalue weighted by Gasteiger charge is 2.27. The lowest BCUT2D eigenvalue weighted by atomic mass is 10.0. The smallest absolute Gasteiger partial charge is 0.155 e. The molecule has 134 valence electrons. The molecule has 0 aliphatic carbocycles. The van der Waals surface area contributed by atoms with Crippen LogP contribution >= 0.6 is 11.3 Å². The van der Waals surface area contributed by atoms with E-state index in [4.69, 9.17) is 0 Å². The Morgan fingerprint density at radius 3 is 2.33 bits per heavy atom. The topological polar surface area (TPSA) is 34.1 Å². The molecule has 4 heteroatoms. The maximum Gasteiger partial charge on any atom is 0.155 e. The lowest BCUT2D eigenvalue weighted by Crippen LogP contribution is -2.30. The molecule has 24 heavy (non-hydrogen) atoms. The average Bonchev–Trinajstić information content (AvgIpc) is 2.96. The third-order valence-electron chi connectivity index (χ3n) is 4.77. The van der Waals surface area contributed by atoms with E-state index in [1.165, 1.54) is 34.1 Å². The normalized spacial score (nSPS) is 12.8. The molecular weight excluding hydrogens is 336 g/mol. The molecule has 0 amide bonds. The fourth-order valence-electron chi connectivity index (χ4n) is 2.93. The highest BCUT2D eigenvalue weighted by Crippen LogP contribution is 2.28. The summed E-state index contributed by atoms with van der Waals surface area (Å²) in [6.45, 7) is 7.59. The fraction of sp³-hybridized carbons (Fsp3) is 0.600. The Balaban J connectivity index is 1.69. The molecule has 0 saturated carbocycles. The molecule has 0 radical (unpaired) electrons. The van der Waals surface area contributed by atoms with Crippen LogP contribution < -0.4 is 0 Å². The molecule has 1 aromatic heterocycles. The molecule has 0 unspecified atom stereocenters. The van der Waals surface area contributed by atoms with Crippen molar-refractivity contribution in [1.29, 1.82) is 0 Å². The van der Waals surface area contributed by atoms with E-state index < -0.39 is 14.6 Å². The average molecular weight is 367 g/mol. The summed E-state index contributed by atoms with van der Waals surface area (Å²) in [5.74, 6) is 0.324. The molecule has 0 aliphatic rings. The molecule has 0 N–H and O–H groups in total. The number of unbranched alkanes of at least 4 members (excludes halogenated alkanes) is 4. The zero-order valence-electron chi connectivity index (χ0n) is 15.4. The number of hydrogen-bond acceptors (Lipinski definition) is 3. The Morgan fingerprint density at radius 2 is 1.62 bits per heavy atom. The third-order valence-corrected chi connectivity index (χ3v) is 8.52. The Morgan fingerprint density at radius 1 is 0.958 bits per heavy atom. The molecule has 1 heterocycles. The molecule has 2 rings (SSSR count). The van der Waals surface area contributed by atoms with E-state index in [2.05, 4.69) is 30.5 Å². The van der Waals surface area contributed by atoms with Gasteiger partial charge in [-0.2, -0.15) is 0 Å². The molecule has 0 atom stereocenters. The summed E-state index contributed by atoms with van der Waals surface area (Å²) < 4.78 is 24.9. The molecule has 0 saturated heterocycles. The van der Waals surface area contributed by atoms with Gasteiger partial charge in [0.25, 0.3) is 0 Å². The van der Waals surface area contributed by atoms with E-state index in [1.807, 2.05) is 11.3 Å². The van der Waals surface area contributed by atoms with Crippen molar-refractivity contribution in [3.63, 3.8) is 0 Å². The SMILES string of the molecule is Cc1c(CCCCCCCS(=O)(=O)C(C)(C)C)ccc2ccsc12. The Labute approximate surface area is 151 Å². The van der Waals surface area contributed by atoms with E-state index in [9.17, 15) is 8.42 Å². The van der Waals surface area contributed by atoms with Gasteiger partial charge in [-0.3, -0.25) is 0 Å². The lowest BCUT2D eigenvalue weighted by molar-refractivity contribution is 0.552. The minimum Gasteiger partial charge on any atom is -0.228 e. The highest BCUT2D eigenvalue weighted by atomic mass is 32.2. The van der Waals surface area contributed by atoms with Crippen molar-refractivity contribution < 1.29 is 8.42 Å². The maximum atomic E-state index is 12.0. The van der Waals surface area contributed by atoms with Crippen LogP contribution in [-0.4, -0.2) is 18.9 Å². The number of rotatable bonds is 8. The fourth-order valence-corrected chi connectivity index (χ4v) is 5.06. The van der Waals surface area contributed by atoms with E-state index >= 15 is 0 Å². The number of sulfone groups is 1. The Hall–Kier alpha value is -0.870. The maximum absolute atomic E-state index is 12.0. The first-order chi connectivity index (χ1) is 11.2. The van der Waals surface area contributed by atoms with Crippen LogP contribution in [-0.2, 0) is 16.3 Å². The Kier molecular flexibility index (Phi) is 6.49. The predicted molar refractivity (Wildman–Crippen MR) is 107 cm³/mol. The standard InChI is InChI=1S/C20H30O2S2/c1-16-17(11-12-18-13-14-23-19(16)18)10-8-6-5-7-9-15-24(21,22)20(2,3)4/h11-14H,5-10,15H2,1-4H3. The van der Waals surface area contributed by atoms with Gasteiger partial charge in [-0.25, -0.2) is 8.42 Å². The minimum absolute atomic E-state index is 0.324. The first kappa shape index (κ1) is 19.5. The zero-order chi connectivity index (χ0) is 17.8. The van der Waals surface area contributed by atoms with Gasteiger partial charge in [0.05, 0.1) is 10.5 Å². The quantitative estimate of drug-likeness (QED) is 0.544. The van der Waals surface area contributed by atoms with Gasteiger partial charge >= 0.3 is 0 Å². The first-order valence-corrected chi connectivity index (χ1v) is 11.4. The molecule has 2 aromatic rings. The van der Waals surface area contributed by atoms with E-state index in [0.717, 1.165) is 25.7 Å². The van der Waals surface area contributed by atoms with Crippen molar-refractivity contribution in [3.05, 3.63) is 34.7 Å². The van der Waals surface area contributed by atoms with Gasteiger partial charge in [-0.15, -0.1) is 11.3 Å². The van der Waals surface area contributed by atoms with Gasteiger partial charge in [0.15, 0.2) is 9.84 Å². The summed E-state index contributed by atoms with van der Waals surface area (Å²) in [5, 5.41) is 3.51. The summed E-state index contributed by atoms with van der Waals surface area (Å²) >= 11 is 1.83. The zero-order valence-corrected chi connectivity index (χ0v) is 17.0. The van der Waals surface area contributed by atoms with Crippen LogP contribution in [0, 0.1) is 6.92 Å². The van der Waals surface area contributed by atoms with Crippen molar-refractivity contribution in [1.82, 2.24) is 0 Å². The molecule has 0 bridgehead atoms. The molecule has 2 nitrogen and oxygen atoms in total. The summed E-state index contributed by atoms with van der Waals surface area (Å²) in [5.41, 5.74) is 2.89. The molecule has 1 aromatic carbocycles.